The third-order valence-corrected chi connectivity index (χ3v) is 3.50. The summed E-state index contributed by atoms with van der Waals surface area (Å²) in [5, 5.41) is 10.4. The van der Waals surface area contributed by atoms with E-state index in [0.29, 0.717) is 12.3 Å². The summed E-state index contributed by atoms with van der Waals surface area (Å²) in [6, 6.07) is 4.68. The number of aryl methyl sites for hydroxylation is 1. The highest BCUT2D eigenvalue weighted by atomic mass is 19.1. The summed E-state index contributed by atoms with van der Waals surface area (Å²) in [5.74, 6) is 0.0379. The van der Waals surface area contributed by atoms with Crippen molar-refractivity contribution in [3.05, 3.63) is 35.1 Å². The van der Waals surface area contributed by atoms with Gasteiger partial charge < -0.3 is 10.8 Å². The average molecular weight is 223 g/mol. The van der Waals surface area contributed by atoms with Gasteiger partial charge in [-0.15, -0.1) is 0 Å². The SMILES string of the molecule is Cc1ccc(F)cc1CC(O)(CN)C1CC1. The van der Waals surface area contributed by atoms with Crippen LogP contribution >= 0.6 is 0 Å². The first-order valence-electron chi connectivity index (χ1n) is 5.72. The van der Waals surface area contributed by atoms with Crippen LogP contribution in [0.15, 0.2) is 18.2 Å². The van der Waals surface area contributed by atoms with Crippen LogP contribution < -0.4 is 5.73 Å². The molecule has 0 spiro atoms. The van der Waals surface area contributed by atoms with Gasteiger partial charge in [0.2, 0.25) is 0 Å². The van der Waals surface area contributed by atoms with Crippen molar-refractivity contribution in [3.63, 3.8) is 0 Å². The van der Waals surface area contributed by atoms with E-state index in [1.165, 1.54) is 12.1 Å². The van der Waals surface area contributed by atoms with Gasteiger partial charge in [-0.3, -0.25) is 0 Å². The number of rotatable bonds is 4. The molecule has 88 valence electrons. The van der Waals surface area contributed by atoms with E-state index < -0.39 is 5.60 Å². The van der Waals surface area contributed by atoms with E-state index in [2.05, 4.69) is 0 Å². The second-order valence-electron chi connectivity index (χ2n) is 4.83. The summed E-state index contributed by atoms with van der Waals surface area (Å²) in [7, 11) is 0. The molecule has 0 saturated heterocycles. The van der Waals surface area contributed by atoms with E-state index in [1.54, 1.807) is 6.07 Å². The largest absolute Gasteiger partial charge is 0.388 e. The van der Waals surface area contributed by atoms with Gasteiger partial charge in [-0.25, -0.2) is 4.39 Å². The fraction of sp³-hybridized carbons (Fsp3) is 0.538. The van der Waals surface area contributed by atoms with E-state index in [0.717, 1.165) is 24.0 Å². The van der Waals surface area contributed by atoms with Crippen molar-refractivity contribution in [3.8, 4) is 0 Å². The van der Waals surface area contributed by atoms with Gasteiger partial charge in [-0.1, -0.05) is 6.07 Å². The van der Waals surface area contributed by atoms with Crippen LogP contribution in [0.1, 0.15) is 24.0 Å². The molecule has 3 N–H and O–H groups in total. The van der Waals surface area contributed by atoms with Gasteiger partial charge in [-0.2, -0.15) is 0 Å². The molecule has 0 amide bonds. The second-order valence-corrected chi connectivity index (χ2v) is 4.83. The highest BCUT2D eigenvalue weighted by molar-refractivity contribution is 5.28. The Morgan fingerprint density at radius 2 is 2.19 bits per heavy atom. The smallest absolute Gasteiger partial charge is 0.123 e. The first-order chi connectivity index (χ1) is 7.55. The van der Waals surface area contributed by atoms with Gasteiger partial charge in [0.25, 0.3) is 0 Å². The molecule has 2 nitrogen and oxygen atoms in total. The van der Waals surface area contributed by atoms with E-state index in [9.17, 15) is 9.50 Å². The lowest BCUT2D eigenvalue weighted by molar-refractivity contribution is 0.0265. The van der Waals surface area contributed by atoms with Gasteiger partial charge in [0.05, 0.1) is 5.60 Å². The van der Waals surface area contributed by atoms with Gasteiger partial charge in [0.1, 0.15) is 5.82 Å². The third kappa shape index (κ3) is 2.25. The maximum atomic E-state index is 13.1. The molecule has 1 aliphatic carbocycles. The van der Waals surface area contributed by atoms with Crippen LogP contribution in [-0.4, -0.2) is 17.3 Å². The summed E-state index contributed by atoms with van der Waals surface area (Å²) >= 11 is 0. The van der Waals surface area contributed by atoms with Crippen LogP contribution in [-0.2, 0) is 6.42 Å². The topological polar surface area (TPSA) is 46.2 Å². The highest BCUT2D eigenvalue weighted by Gasteiger charge is 2.42. The van der Waals surface area contributed by atoms with E-state index in [1.807, 2.05) is 6.92 Å². The third-order valence-electron chi connectivity index (χ3n) is 3.50. The van der Waals surface area contributed by atoms with Crippen LogP contribution in [0, 0.1) is 18.7 Å². The molecule has 1 saturated carbocycles. The lowest BCUT2D eigenvalue weighted by Crippen LogP contribution is -2.42. The van der Waals surface area contributed by atoms with Crippen molar-refractivity contribution in [1.82, 2.24) is 0 Å². The van der Waals surface area contributed by atoms with Gasteiger partial charge >= 0.3 is 0 Å². The normalized spacial score (nSPS) is 19.5. The molecule has 0 bridgehead atoms. The molecular formula is C13H18FNO. The summed E-state index contributed by atoms with van der Waals surface area (Å²) in [4.78, 5) is 0. The van der Waals surface area contributed by atoms with Gasteiger partial charge in [0.15, 0.2) is 0 Å². The number of hydrogen-bond acceptors (Lipinski definition) is 2. The van der Waals surface area contributed by atoms with E-state index >= 15 is 0 Å². The zero-order chi connectivity index (χ0) is 11.8. The van der Waals surface area contributed by atoms with E-state index in [4.69, 9.17) is 5.73 Å². The van der Waals surface area contributed by atoms with Gasteiger partial charge in [-0.05, 0) is 48.9 Å². The number of aliphatic hydroxyl groups is 1. The number of hydrogen-bond donors (Lipinski definition) is 2. The molecule has 1 atom stereocenters. The molecule has 2 rings (SSSR count). The number of halogens is 1. The monoisotopic (exact) mass is 223 g/mol. The zero-order valence-electron chi connectivity index (χ0n) is 9.54. The average Bonchev–Trinajstić information content (AvgIpc) is 3.07. The molecule has 0 radical (unpaired) electrons. The summed E-state index contributed by atoms with van der Waals surface area (Å²) in [6.07, 6.45) is 2.52. The number of nitrogens with two attached hydrogens (primary N) is 1. The van der Waals surface area contributed by atoms with Crippen LogP contribution in [0.25, 0.3) is 0 Å². The first-order valence-corrected chi connectivity index (χ1v) is 5.72. The van der Waals surface area contributed by atoms with Crippen molar-refractivity contribution in [1.29, 1.82) is 0 Å². The Balaban J connectivity index is 2.21. The second kappa shape index (κ2) is 4.15. The molecule has 1 aromatic rings. The molecule has 16 heavy (non-hydrogen) atoms. The number of benzene rings is 1. The lowest BCUT2D eigenvalue weighted by Gasteiger charge is -2.27. The Kier molecular flexibility index (Phi) is 3.00. The maximum absolute atomic E-state index is 13.1. The Bertz CT molecular complexity index is 390. The van der Waals surface area contributed by atoms with Crippen LogP contribution in [0.5, 0.6) is 0 Å². The lowest BCUT2D eigenvalue weighted by atomic mass is 9.88. The standard InChI is InChI=1S/C13H18FNO/c1-9-2-5-12(14)6-10(9)7-13(16,8-15)11-3-4-11/h2,5-6,11,16H,3-4,7-8,15H2,1H3. The molecule has 1 aliphatic rings. The Morgan fingerprint density at radius 1 is 1.50 bits per heavy atom. The van der Waals surface area contributed by atoms with Crippen molar-refractivity contribution < 1.29 is 9.50 Å². The van der Waals surface area contributed by atoms with Crippen molar-refractivity contribution >= 4 is 0 Å². The molecular weight excluding hydrogens is 205 g/mol. The summed E-state index contributed by atoms with van der Waals surface area (Å²) in [5.41, 5.74) is 6.66. The fourth-order valence-corrected chi connectivity index (χ4v) is 2.16. The van der Waals surface area contributed by atoms with Crippen molar-refractivity contribution in [2.45, 2.75) is 31.8 Å². The minimum absolute atomic E-state index is 0.244. The molecule has 3 heteroatoms. The Labute approximate surface area is 95.3 Å². The summed E-state index contributed by atoms with van der Waals surface area (Å²) in [6.45, 7) is 2.17. The predicted octanol–water partition coefficient (Wildman–Crippen LogP) is 1.78. The van der Waals surface area contributed by atoms with Crippen LogP contribution in [0.3, 0.4) is 0 Å². The quantitative estimate of drug-likeness (QED) is 0.817. The predicted molar refractivity (Wildman–Crippen MR) is 61.6 cm³/mol. The molecule has 0 heterocycles. The minimum atomic E-state index is -0.849. The van der Waals surface area contributed by atoms with Crippen LogP contribution in [0.2, 0.25) is 0 Å². The van der Waals surface area contributed by atoms with Crippen LogP contribution in [0.4, 0.5) is 4.39 Å². The molecule has 0 aromatic heterocycles. The van der Waals surface area contributed by atoms with Gasteiger partial charge in [0, 0.05) is 13.0 Å². The van der Waals surface area contributed by atoms with Crippen molar-refractivity contribution in [2.75, 3.05) is 6.54 Å². The Hall–Kier alpha value is -0.930. The summed E-state index contributed by atoms with van der Waals surface area (Å²) < 4.78 is 13.1. The maximum Gasteiger partial charge on any atom is 0.123 e. The molecule has 1 fully saturated rings. The minimum Gasteiger partial charge on any atom is -0.388 e. The highest BCUT2D eigenvalue weighted by Crippen LogP contribution is 2.41. The van der Waals surface area contributed by atoms with Crippen molar-refractivity contribution in [2.24, 2.45) is 11.7 Å². The molecule has 1 aromatic carbocycles. The van der Waals surface area contributed by atoms with E-state index in [-0.39, 0.29) is 12.4 Å². The molecule has 1 unspecified atom stereocenters. The first kappa shape index (κ1) is 11.6. The molecule has 0 aliphatic heterocycles. The fourth-order valence-electron chi connectivity index (χ4n) is 2.16. The Morgan fingerprint density at radius 3 is 2.75 bits per heavy atom. The zero-order valence-corrected chi connectivity index (χ0v) is 9.54.